The maximum atomic E-state index is 5.30. The van der Waals surface area contributed by atoms with E-state index < -0.39 is 0 Å². The zero-order valence-electron chi connectivity index (χ0n) is 15.7. The minimum absolute atomic E-state index is 0.855. The molecule has 0 saturated carbocycles. The van der Waals surface area contributed by atoms with Gasteiger partial charge < -0.3 is 4.74 Å². The number of ether oxygens (including phenoxy) is 1. The molecule has 0 unspecified atom stereocenters. The molecule has 3 aromatic rings. The molecule has 2 aromatic carbocycles. The molecule has 1 aromatic heterocycles. The Balaban J connectivity index is 1.90. The summed E-state index contributed by atoms with van der Waals surface area (Å²) in [5.41, 5.74) is 4.22. The lowest BCUT2D eigenvalue weighted by Gasteiger charge is -2.09. The molecule has 136 valence electrons. The van der Waals surface area contributed by atoms with Gasteiger partial charge in [-0.2, -0.15) is 0 Å². The van der Waals surface area contributed by atoms with E-state index in [1.807, 2.05) is 30.3 Å². The van der Waals surface area contributed by atoms with Gasteiger partial charge in [0.1, 0.15) is 11.4 Å². The van der Waals surface area contributed by atoms with Crippen molar-refractivity contribution in [2.45, 2.75) is 45.6 Å². The van der Waals surface area contributed by atoms with Crippen LogP contribution >= 0.6 is 0 Å². The normalized spacial score (nSPS) is 10.8. The maximum absolute atomic E-state index is 5.30. The van der Waals surface area contributed by atoms with E-state index in [1.165, 1.54) is 25.7 Å². The first-order valence-corrected chi connectivity index (χ1v) is 9.46. The van der Waals surface area contributed by atoms with Crippen molar-refractivity contribution in [1.29, 1.82) is 0 Å². The van der Waals surface area contributed by atoms with Crippen LogP contribution in [-0.2, 0) is 6.54 Å². The lowest BCUT2D eigenvalue weighted by Crippen LogP contribution is -2.03. The second-order valence-corrected chi connectivity index (χ2v) is 6.52. The molecule has 3 rings (SSSR count). The number of benzene rings is 2. The third-order valence-corrected chi connectivity index (χ3v) is 4.62. The highest BCUT2D eigenvalue weighted by molar-refractivity contribution is 5.78. The van der Waals surface area contributed by atoms with Crippen molar-refractivity contribution in [3.8, 4) is 28.3 Å². The van der Waals surface area contributed by atoms with Gasteiger partial charge in [-0.3, -0.25) is 0 Å². The van der Waals surface area contributed by atoms with Crippen LogP contribution in [0.1, 0.15) is 39.0 Å². The van der Waals surface area contributed by atoms with Gasteiger partial charge in [0.05, 0.1) is 12.8 Å². The minimum atomic E-state index is 0.855. The Labute approximate surface area is 155 Å². The molecule has 0 fully saturated rings. The van der Waals surface area contributed by atoms with Crippen LogP contribution in [0.2, 0.25) is 0 Å². The fraction of sp³-hybridized carbons (Fsp3) is 0.364. The van der Waals surface area contributed by atoms with Crippen molar-refractivity contribution in [1.82, 2.24) is 15.0 Å². The standard InChI is InChI=1S/C22H27N3O/c1-3-4-5-6-10-17-25-22(19-13-15-20(26-2)16-14-19)21(23-24-25)18-11-8-7-9-12-18/h7-9,11-16H,3-6,10,17H2,1-2H3. The summed E-state index contributed by atoms with van der Waals surface area (Å²) in [6.45, 7) is 3.14. The summed E-state index contributed by atoms with van der Waals surface area (Å²) < 4.78 is 7.35. The molecule has 0 atom stereocenters. The van der Waals surface area contributed by atoms with Crippen molar-refractivity contribution in [3.63, 3.8) is 0 Å². The Bertz CT molecular complexity index is 794. The van der Waals surface area contributed by atoms with Crippen LogP contribution in [-0.4, -0.2) is 22.1 Å². The molecule has 1 heterocycles. The first kappa shape index (κ1) is 18.2. The topological polar surface area (TPSA) is 39.9 Å². The summed E-state index contributed by atoms with van der Waals surface area (Å²) in [4.78, 5) is 0. The maximum Gasteiger partial charge on any atom is 0.121 e. The van der Waals surface area contributed by atoms with Crippen LogP contribution in [0.5, 0.6) is 5.75 Å². The third-order valence-electron chi connectivity index (χ3n) is 4.62. The molecule has 4 nitrogen and oxygen atoms in total. The van der Waals surface area contributed by atoms with Crippen LogP contribution in [0.4, 0.5) is 0 Å². The van der Waals surface area contributed by atoms with Gasteiger partial charge in [-0.25, -0.2) is 4.68 Å². The largest absolute Gasteiger partial charge is 0.497 e. The summed E-state index contributed by atoms with van der Waals surface area (Å²) in [6, 6.07) is 18.4. The van der Waals surface area contributed by atoms with Gasteiger partial charge in [-0.1, -0.05) is 68.2 Å². The first-order valence-electron chi connectivity index (χ1n) is 9.46. The molecule has 0 spiro atoms. The number of methoxy groups -OCH3 is 1. The number of hydrogen-bond donors (Lipinski definition) is 0. The van der Waals surface area contributed by atoms with Gasteiger partial charge >= 0.3 is 0 Å². The van der Waals surface area contributed by atoms with Crippen LogP contribution in [0.3, 0.4) is 0 Å². The van der Waals surface area contributed by atoms with Crippen molar-refractivity contribution in [3.05, 3.63) is 54.6 Å². The summed E-state index contributed by atoms with van der Waals surface area (Å²) >= 11 is 0. The molecule has 0 saturated heterocycles. The SMILES string of the molecule is CCCCCCCn1nnc(-c2ccccc2)c1-c1ccc(OC)cc1. The van der Waals surface area contributed by atoms with Crippen LogP contribution in [0.15, 0.2) is 54.6 Å². The highest BCUT2D eigenvalue weighted by atomic mass is 16.5. The Morgan fingerprint density at radius 2 is 1.58 bits per heavy atom. The second-order valence-electron chi connectivity index (χ2n) is 6.52. The zero-order valence-corrected chi connectivity index (χ0v) is 15.7. The van der Waals surface area contributed by atoms with Gasteiger partial charge in [0.25, 0.3) is 0 Å². The molecule has 0 aliphatic heterocycles. The molecular weight excluding hydrogens is 322 g/mol. The summed E-state index contributed by atoms with van der Waals surface area (Å²) in [5, 5.41) is 8.97. The van der Waals surface area contributed by atoms with Gasteiger partial charge in [0.2, 0.25) is 0 Å². The molecule has 4 heteroatoms. The highest BCUT2D eigenvalue weighted by Gasteiger charge is 2.16. The Hall–Kier alpha value is -2.62. The lowest BCUT2D eigenvalue weighted by molar-refractivity contribution is 0.415. The average molecular weight is 349 g/mol. The highest BCUT2D eigenvalue weighted by Crippen LogP contribution is 2.31. The van der Waals surface area contributed by atoms with Gasteiger partial charge in [-0.15, -0.1) is 5.10 Å². The van der Waals surface area contributed by atoms with Crippen molar-refractivity contribution in [2.75, 3.05) is 7.11 Å². The number of hydrogen-bond acceptors (Lipinski definition) is 3. The van der Waals surface area contributed by atoms with Crippen molar-refractivity contribution >= 4 is 0 Å². The Morgan fingerprint density at radius 1 is 0.846 bits per heavy atom. The monoisotopic (exact) mass is 349 g/mol. The lowest BCUT2D eigenvalue weighted by atomic mass is 10.0. The average Bonchev–Trinajstić information content (AvgIpc) is 3.12. The Morgan fingerprint density at radius 3 is 2.27 bits per heavy atom. The molecule has 0 bridgehead atoms. The van der Waals surface area contributed by atoms with E-state index in [0.29, 0.717) is 0 Å². The number of aromatic nitrogens is 3. The zero-order chi connectivity index (χ0) is 18.2. The second kappa shape index (κ2) is 9.18. The smallest absolute Gasteiger partial charge is 0.121 e. The quantitative estimate of drug-likeness (QED) is 0.473. The number of rotatable bonds is 9. The van der Waals surface area contributed by atoms with Crippen LogP contribution < -0.4 is 4.74 Å². The van der Waals surface area contributed by atoms with Crippen LogP contribution in [0.25, 0.3) is 22.5 Å². The van der Waals surface area contributed by atoms with E-state index in [9.17, 15) is 0 Å². The fourth-order valence-corrected chi connectivity index (χ4v) is 3.16. The van der Waals surface area contributed by atoms with Gasteiger partial charge in [0, 0.05) is 17.7 Å². The molecule has 0 aliphatic carbocycles. The number of nitrogens with zero attached hydrogens (tertiary/aromatic N) is 3. The van der Waals surface area contributed by atoms with E-state index in [1.54, 1.807) is 7.11 Å². The number of unbranched alkanes of at least 4 members (excludes halogenated alkanes) is 4. The van der Waals surface area contributed by atoms with E-state index in [0.717, 1.165) is 41.2 Å². The summed E-state index contributed by atoms with van der Waals surface area (Å²) in [6.07, 6.45) is 6.21. The molecule has 0 N–H and O–H groups in total. The van der Waals surface area contributed by atoms with Crippen molar-refractivity contribution < 1.29 is 4.74 Å². The third kappa shape index (κ3) is 4.31. The van der Waals surface area contributed by atoms with Gasteiger partial charge in [-0.05, 0) is 30.7 Å². The van der Waals surface area contributed by atoms with E-state index in [-0.39, 0.29) is 0 Å². The van der Waals surface area contributed by atoms with Gasteiger partial charge in [0.15, 0.2) is 0 Å². The molecule has 26 heavy (non-hydrogen) atoms. The van der Waals surface area contributed by atoms with Crippen molar-refractivity contribution in [2.24, 2.45) is 0 Å². The van der Waals surface area contributed by atoms with E-state index in [4.69, 9.17) is 4.74 Å². The molecule has 0 aliphatic rings. The Kier molecular flexibility index (Phi) is 6.42. The first-order chi connectivity index (χ1) is 12.8. The summed E-state index contributed by atoms with van der Waals surface area (Å²) in [7, 11) is 1.69. The summed E-state index contributed by atoms with van der Waals surface area (Å²) in [5.74, 6) is 0.855. The fourth-order valence-electron chi connectivity index (χ4n) is 3.16. The molecule has 0 amide bonds. The van der Waals surface area contributed by atoms with Crippen LogP contribution in [0, 0.1) is 0 Å². The predicted molar refractivity (Wildman–Crippen MR) is 106 cm³/mol. The minimum Gasteiger partial charge on any atom is -0.497 e. The number of aryl methyl sites for hydroxylation is 1. The van der Waals surface area contributed by atoms with E-state index >= 15 is 0 Å². The molecular formula is C22H27N3O. The van der Waals surface area contributed by atoms with E-state index in [2.05, 4.69) is 46.2 Å². The predicted octanol–water partition coefficient (Wildman–Crippen LogP) is 5.59. The molecule has 0 radical (unpaired) electrons.